The number of carbonyl (C=O) groups excluding carboxylic acids is 3. The van der Waals surface area contributed by atoms with Crippen LogP contribution < -0.4 is 0 Å². The van der Waals surface area contributed by atoms with Crippen molar-refractivity contribution in [3.63, 3.8) is 0 Å². The molecule has 0 aromatic rings. The SMILES string of the molecule is CC(=O)OC[C@@]12[C@H](CC[C@@]3(O)C(=O)OC[C@@H]13)[C@@]1(C)CCCC(C)(C)[C@@H]1C[C@H]2OC(C)=O. The van der Waals surface area contributed by atoms with Crippen LogP contribution in [0.15, 0.2) is 0 Å². The molecule has 0 bridgehead atoms. The molecule has 1 N–H and O–H groups in total. The Morgan fingerprint density at radius 3 is 2.42 bits per heavy atom. The minimum atomic E-state index is -1.64. The maximum atomic E-state index is 12.6. The summed E-state index contributed by atoms with van der Waals surface area (Å²) >= 11 is 0. The Balaban J connectivity index is 1.89. The number of aliphatic hydroxyl groups is 1. The summed E-state index contributed by atoms with van der Waals surface area (Å²) in [5, 5.41) is 11.4. The molecule has 0 amide bonds. The molecule has 4 fully saturated rings. The molecular formula is C24H36O7. The van der Waals surface area contributed by atoms with Crippen molar-refractivity contribution in [3.8, 4) is 0 Å². The van der Waals surface area contributed by atoms with Crippen LogP contribution in [-0.4, -0.2) is 47.9 Å². The number of ether oxygens (including phenoxy) is 3. The number of fused-ring (bicyclic) bond motifs is 5. The van der Waals surface area contributed by atoms with Crippen LogP contribution in [0.4, 0.5) is 0 Å². The number of hydrogen-bond acceptors (Lipinski definition) is 7. The molecule has 7 atom stereocenters. The number of rotatable bonds is 3. The second-order valence-electron chi connectivity index (χ2n) is 11.3. The van der Waals surface area contributed by atoms with Gasteiger partial charge in [0.25, 0.3) is 0 Å². The molecule has 0 aromatic heterocycles. The van der Waals surface area contributed by atoms with Crippen molar-refractivity contribution >= 4 is 17.9 Å². The van der Waals surface area contributed by atoms with E-state index in [0.717, 1.165) is 19.3 Å². The minimum Gasteiger partial charge on any atom is -0.465 e. The van der Waals surface area contributed by atoms with Gasteiger partial charge < -0.3 is 19.3 Å². The van der Waals surface area contributed by atoms with Crippen molar-refractivity contribution in [1.82, 2.24) is 0 Å². The lowest BCUT2D eigenvalue weighted by atomic mass is 9.37. The molecule has 4 rings (SSSR count). The second kappa shape index (κ2) is 7.19. The van der Waals surface area contributed by atoms with E-state index in [-0.39, 0.29) is 30.0 Å². The quantitative estimate of drug-likeness (QED) is 0.536. The normalized spacial score (nSPS) is 45.5. The number of carbonyl (C=O) groups is 3. The van der Waals surface area contributed by atoms with Gasteiger partial charge in [0.15, 0.2) is 5.60 Å². The third-order valence-electron chi connectivity index (χ3n) is 9.38. The molecule has 7 nitrogen and oxygen atoms in total. The maximum Gasteiger partial charge on any atom is 0.338 e. The van der Waals surface area contributed by atoms with Crippen molar-refractivity contribution < 1.29 is 33.7 Å². The van der Waals surface area contributed by atoms with Crippen LogP contribution in [0.5, 0.6) is 0 Å². The van der Waals surface area contributed by atoms with Gasteiger partial charge in [-0.2, -0.15) is 0 Å². The molecule has 7 heteroatoms. The summed E-state index contributed by atoms with van der Waals surface area (Å²) in [6.45, 7) is 9.71. The fourth-order valence-electron chi connectivity index (χ4n) is 8.19. The molecule has 1 heterocycles. The Morgan fingerprint density at radius 1 is 1.06 bits per heavy atom. The number of hydrogen-bond donors (Lipinski definition) is 1. The molecule has 174 valence electrons. The largest absolute Gasteiger partial charge is 0.465 e. The van der Waals surface area contributed by atoms with Gasteiger partial charge in [-0.3, -0.25) is 9.59 Å². The molecule has 0 unspecified atom stereocenters. The van der Waals surface area contributed by atoms with E-state index >= 15 is 0 Å². The molecule has 1 aliphatic heterocycles. The predicted octanol–water partition coefficient (Wildman–Crippen LogP) is 3.02. The summed E-state index contributed by atoms with van der Waals surface area (Å²) in [4.78, 5) is 36.7. The van der Waals surface area contributed by atoms with Crippen molar-refractivity contribution in [3.05, 3.63) is 0 Å². The fourth-order valence-corrected chi connectivity index (χ4v) is 8.19. The summed E-state index contributed by atoms with van der Waals surface area (Å²) in [6.07, 6.45) is 4.22. The van der Waals surface area contributed by atoms with E-state index in [9.17, 15) is 19.5 Å². The van der Waals surface area contributed by atoms with Crippen molar-refractivity contribution in [2.75, 3.05) is 13.2 Å². The van der Waals surface area contributed by atoms with Crippen LogP contribution in [0.2, 0.25) is 0 Å². The second-order valence-corrected chi connectivity index (χ2v) is 11.3. The summed E-state index contributed by atoms with van der Waals surface area (Å²) < 4.78 is 17.0. The van der Waals surface area contributed by atoms with Gasteiger partial charge in [0.05, 0.1) is 12.0 Å². The lowest BCUT2D eigenvalue weighted by Gasteiger charge is -2.68. The van der Waals surface area contributed by atoms with E-state index in [2.05, 4.69) is 20.8 Å². The predicted molar refractivity (Wildman–Crippen MR) is 111 cm³/mol. The van der Waals surface area contributed by atoms with Crippen LogP contribution in [-0.2, 0) is 28.6 Å². The Bertz CT molecular complexity index is 791. The first-order valence-corrected chi connectivity index (χ1v) is 11.6. The van der Waals surface area contributed by atoms with Crippen LogP contribution in [0, 0.1) is 34.0 Å². The third kappa shape index (κ3) is 3.13. The summed E-state index contributed by atoms with van der Waals surface area (Å²) in [6, 6.07) is 0. The molecule has 3 saturated carbocycles. The van der Waals surface area contributed by atoms with Crippen LogP contribution >= 0.6 is 0 Å². The highest BCUT2D eigenvalue weighted by molar-refractivity contribution is 5.82. The molecular weight excluding hydrogens is 400 g/mol. The van der Waals surface area contributed by atoms with E-state index in [1.807, 2.05) is 0 Å². The highest BCUT2D eigenvalue weighted by Gasteiger charge is 2.74. The van der Waals surface area contributed by atoms with Crippen LogP contribution in [0.3, 0.4) is 0 Å². The highest BCUT2D eigenvalue weighted by atomic mass is 16.6. The van der Waals surface area contributed by atoms with Gasteiger partial charge in [-0.15, -0.1) is 0 Å². The van der Waals surface area contributed by atoms with Gasteiger partial charge in [-0.1, -0.05) is 27.2 Å². The lowest BCUT2D eigenvalue weighted by Crippen LogP contribution is -2.71. The van der Waals surface area contributed by atoms with E-state index in [4.69, 9.17) is 14.2 Å². The van der Waals surface area contributed by atoms with Gasteiger partial charge in [-0.25, -0.2) is 4.79 Å². The molecule has 4 aliphatic rings. The molecule has 1 saturated heterocycles. The van der Waals surface area contributed by atoms with Gasteiger partial charge in [0, 0.05) is 19.8 Å². The molecule has 3 aliphatic carbocycles. The molecule has 0 aromatic carbocycles. The van der Waals surface area contributed by atoms with Crippen molar-refractivity contribution in [2.24, 2.45) is 34.0 Å². The Hall–Kier alpha value is -1.63. The smallest absolute Gasteiger partial charge is 0.338 e. The molecule has 31 heavy (non-hydrogen) atoms. The molecule has 0 radical (unpaired) electrons. The van der Waals surface area contributed by atoms with Crippen LogP contribution in [0.25, 0.3) is 0 Å². The van der Waals surface area contributed by atoms with Gasteiger partial charge in [0.1, 0.15) is 12.7 Å². The first kappa shape index (κ1) is 22.6. The van der Waals surface area contributed by atoms with Crippen molar-refractivity contribution in [1.29, 1.82) is 0 Å². The van der Waals surface area contributed by atoms with E-state index in [0.29, 0.717) is 25.2 Å². The zero-order chi connectivity index (χ0) is 22.8. The maximum absolute atomic E-state index is 12.6. The van der Waals surface area contributed by atoms with Gasteiger partial charge >= 0.3 is 17.9 Å². The Kier molecular flexibility index (Phi) is 5.23. The fraction of sp³-hybridized carbons (Fsp3) is 0.875. The van der Waals surface area contributed by atoms with E-state index < -0.39 is 40.9 Å². The van der Waals surface area contributed by atoms with Gasteiger partial charge in [-0.05, 0) is 54.8 Å². The number of cyclic esters (lactones) is 1. The van der Waals surface area contributed by atoms with Crippen LogP contribution in [0.1, 0.15) is 73.1 Å². The molecule has 0 spiro atoms. The first-order chi connectivity index (χ1) is 14.4. The Labute approximate surface area is 184 Å². The average Bonchev–Trinajstić information content (AvgIpc) is 2.96. The standard InChI is InChI=1S/C24H36O7/c1-14(25)30-13-23-16(7-10-24(28)18(23)12-29-20(24)27)22(5)9-6-8-21(3,4)17(22)11-19(23)31-15(2)26/h16-19,28H,6-13H2,1-5H3/t16-,17+,18+,19-,22-,23-,24+/m1/s1. The Morgan fingerprint density at radius 2 is 1.77 bits per heavy atom. The van der Waals surface area contributed by atoms with E-state index in [1.165, 1.54) is 13.8 Å². The number of esters is 3. The highest BCUT2D eigenvalue weighted by Crippen LogP contribution is 2.70. The third-order valence-corrected chi connectivity index (χ3v) is 9.38. The zero-order valence-corrected chi connectivity index (χ0v) is 19.4. The van der Waals surface area contributed by atoms with Gasteiger partial charge in [0.2, 0.25) is 0 Å². The zero-order valence-electron chi connectivity index (χ0n) is 19.4. The first-order valence-electron chi connectivity index (χ1n) is 11.6. The topological polar surface area (TPSA) is 99.1 Å². The van der Waals surface area contributed by atoms with Crippen molar-refractivity contribution in [2.45, 2.75) is 84.8 Å². The summed E-state index contributed by atoms with van der Waals surface area (Å²) in [5.74, 6) is -1.68. The summed E-state index contributed by atoms with van der Waals surface area (Å²) in [5.41, 5.74) is -2.50. The summed E-state index contributed by atoms with van der Waals surface area (Å²) in [7, 11) is 0. The van der Waals surface area contributed by atoms with E-state index in [1.54, 1.807) is 0 Å². The lowest BCUT2D eigenvalue weighted by molar-refractivity contribution is -0.266. The minimum absolute atomic E-state index is 0.0112. The monoisotopic (exact) mass is 436 g/mol. The average molecular weight is 437 g/mol.